The zero-order valence-corrected chi connectivity index (χ0v) is 10.9. The Labute approximate surface area is 107 Å². The molecule has 96 valence electrons. The molecule has 0 spiro atoms. The fraction of sp³-hybridized carbons (Fsp3) is 0.571. The number of hydrogen-bond acceptors (Lipinski definition) is 3. The third-order valence-corrected chi connectivity index (χ3v) is 3.94. The van der Waals surface area contributed by atoms with Crippen LogP contribution in [-0.4, -0.2) is 15.0 Å². The molecule has 0 aromatic carbocycles. The van der Waals surface area contributed by atoms with Gasteiger partial charge in [-0.3, -0.25) is 0 Å². The van der Waals surface area contributed by atoms with Crippen LogP contribution in [0.2, 0.25) is 0 Å². The summed E-state index contributed by atoms with van der Waals surface area (Å²) in [7, 11) is 0. The summed E-state index contributed by atoms with van der Waals surface area (Å²) in [5.74, 6) is 0.914. The number of rotatable bonds is 1. The van der Waals surface area contributed by atoms with Gasteiger partial charge < -0.3 is 10.7 Å². The lowest BCUT2D eigenvalue weighted by Gasteiger charge is -2.25. The minimum absolute atomic E-state index is 0.287. The normalized spacial score (nSPS) is 19.9. The van der Waals surface area contributed by atoms with Crippen LogP contribution >= 0.6 is 0 Å². The first-order valence-electron chi connectivity index (χ1n) is 6.79. The average Bonchev–Trinajstić information content (AvgIpc) is 2.65. The minimum Gasteiger partial charge on any atom is -0.339 e. The molecular weight excluding hydrogens is 224 g/mol. The number of fused-ring (bicyclic) bond motifs is 1. The van der Waals surface area contributed by atoms with Crippen molar-refractivity contribution in [2.75, 3.05) is 0 Å². The summed E-state index contributed by atoms with van der Waals surface area (Å²) in [5, 5.41) is 0. The summed E-state index contributed by atoms with van der Waals surface area (Å²) >= 11 is 0. The molecule has 3 rings (SSSR count). The highest BCUT2D eigenvalue weighted by Gasteiger charge is 2.31. The topological polar surface area (TPSA) is 67.6 Å². The van der Waals surface area contributed by atoms with Gasteiger partial charge >= 0.3 is 0 Å². The Hall–Kier alpha value is -1.42. The van der Waals surface area contributed by atoms with Gasteiger partial charge in [-0.05, 0) is 31.4 Å². The first-order chi connectivity index (χ1) is 8.67. The monoisotopic (exact) mass is 244 g/mol. The summed E-state index contributed by atoms with van der Waals surface area (Å²) in [4.78, 5) is 12.3. The predicted octanol–water partition coefficient (Wildman–Crippen LogP) is 2.77. The van der Waals surface area contributed by atoms with Crippen molar-refractivity contribution in [3.63, 3.8) is 0 Å². The Bertz CT molecular complexity index is 550. The van der Waals surface area contributed by atoms with E-state index in [2.05, 4.69) is 21.0 Å². The van der Waals surface area contributed by atoms with Crippen LogP contribution in [0.25, 0.3) is 11.2 Å². The van der Waals surface area contributed by atoms with Gasteiger partial charge in [-0.1, -0.05) is 25.7 Å². The van der Waals surface area contributed by atoms with Gasteiger partial charge in [-0.25, -0.2) is 9.97 Å². The second-order valence-electron chi connectivity index (χ2n) is 5.54. The molecule has 4 nitrogen and oxygen atoms in total. The minimum atomic E-state index is -0.287. The highest BCUT2D eigenvalue weighted by molar-refractivity contribution is 5.71. The van der Waals surface area contributed by atoms with Crippen LogP contribution < -0.4 is 5.73 Å². The quantitative estimate of drug-likeness (QED) is 0.758. The van der Waals surface area contributed by atoms with Crippen molar-refractivity contribution in [2.24, 2.45) is 5.73 Å². The number of aromatic nitrogens is 3. The van der Waals surface area contributed by atoms with Gasteiger partial charge in [-0.15, -0.1) is 0 Å². The number of aromatic amines is 1. The molecule has 2 heterocycles. The van der Waals surface area contributed by atoms with E-state index in [0.717, 1.165) is 35.4 Å². The van der Waals surface area contributed by atoms with Crippen LogP contribution in [0, 0.1) is 6.92 Å². The van der Waals surface area contributed by atoms with Crippen LogP contribution in [0.1, 0.15) is 49.9 Å². The van der Waals surface area contributed by atoms with Crippen molar-refractivity contribution in [2.45, 2.75) is 51.0 Å². The first kappa shape index (κ1) is 11.7. The highest BCUT2D eigenvalue weighted by Crippen LogP contribution is 2.32. The number of nitrogens with one attached hydrogen (secondary N) is 1. The van der Waals surface area contributed by atoms with E-state index < -0.39 is 0 Å². The maximum absolute atomic E-state index is 6.56. The molecule has 0 amide bonds. The van der Waals surface area contributed by atoms with E-state index in [1.54, 1.807) is 0 Å². The molecule has 18 heavy (non-hydrogen) atoms. The van der Waals surface area contributed by atoms with Crippen molar-refractivity contribution >= 4 is 11.2 Å². The summed E-state index contributed by atoms with van der Waals surface area (Å²) in [6, 6.07) is 2.08. The van der Waals surface area contributed by atoms with Crippen molar-refractivity contribution in [3.8, 4) is 0 Å². The van der Waals surface area contributed by atoms with Gasteiger partial charge in [0.2, 0.25) is 0 Å². The Morgan fingerprint density at radius 3 is 2.67 bits per heavy atom. The lowest BCUT2D eigenvalue weighted by Crippen LogP contribution is -2.37. The zero-order valence-electron chi connectivity index (χ0n) is 10.9. The molecule has 4 heteroatoms. The van der Waals surface area contributed by atoms with Crippen molar-refractivity contribution < 1.29 is 0 Å². The van der Waals surface area contributed by atoms with Gasteiger partial charge in [0.25, 0.3) is 0 Å². The van der Waals surface area contributed by atoms with E-state index in [-0.39, 0.29) is 5.54 Å². The fourth-order valence-corrected chi connectivity index (χ4v) is 2.84. The summed E-state index contributed by atoms with van der Waals surface area (Å²) in [6.07, 6.45) is 8.86. The van der Waals surface area contributed by atoms with E-state index in [4.69, 9.17) is 5.73 Å². The third-order valence-electron chi connectivity index (χ3n) is 3.94. The molecule has 0 unspecified atom stereocenters. The fourth-order valence-electron chi connectivity index (χ4n) is 2.84. The third kappa shape index (κ3) is 2.01. The molecule has 1 saturated carbocycles. The van der Waals surface area contributed by atoms with Crippen LogP contribution in [0.5, 0.6) is 0 Å². The molecule has 0 radical (unpaired) electrons. The summed E-state index contributed by atoms with van der Waals surface area (Å²) in [6.45, 7) is 2.04. The van der Waals surface area contributed by atoms with E-state index in [9.17, 15) is 0 Å². The van der Waals surface area contributed by atoms with Crippen molar-refractivity contribution in [1.29, 1.82) is 0 Å². The van der Waals surface area contributed by atoms with E-state index >= 15 is 0 Å². The lowest BCUT2D eigenvalue weighted by atomic mass is 9.91. The standard InChI is InChI=1S/C14H20N4/c1-10-8-11-12(16-9-10)18-13(17-11)14(15)6-4-2-3-5-7-14/h8-9H,2-7,15H2,1H3,(H,16,17,18). The molecule has 3 N–H and O–H groups in total. The molecule has 2 aromatic heterocycles. The van der Waals surface area contributed by atoms with Gasteiger partial charge in [0, 0.05) is 6.20 Å². The smallest absolute Gasteiger partial charge is 0.177 e. The van der Waals surface area contributed by atoms with Gasteiger partial charge in [0.05, 0.1) is 11.1 Å². The molecule has 0 aliphatic heterocycles. The Kier molecular flexibility index (Phi) is 2.82. The molecule has 0 atom stereocenters. The molecular formula is C14H20N4. The van der Waals surface area contributed by atoms with Crippen molar-refractivity contribution in [1.82, 2.24) is 15.0 Å². The second kappa shape index (κ2) is 4.35. The first-order valence-corrected chi connectivity index (χ1v) is 6.79. The maximum Gasteiger partial charge on any atom is 0.177 e. The predicted molar refractivity (Wildman–Crippen MR) is 72.2 cm³/mol. The van der Waals surface area contributed by atoms with E-state index in [0.29, 0.717) is 0 Å². The Balaban J connectivity index is 2.02. The summed E-state index contributed by atoms with van der Waals surface area (Å²) in [5.41, 5.74) is 9.20. The average molecular weight is 244 g/mol. The van der Waals surface area contributed by atoms with Crippen LogP contribution in [0.15, 0.2) is 12.3 Å². The van der Waals surface area contributed by atoms with Crippen LogP contribution in [0.4, 0.5) is 0 Å². The zero-order chi connectivity index (χ0) is 12.6. The maximum atomic E-state index is 6.56. The van der Waals surface area contributed by atoms with Gasteiger partial charge in [0.15, 0.2) is 5.65 Å². The molecule has 1 fully saturated rings. The van der Waals surface area contributed by atoms with Crippen LogP contribution in [-0.2, 0) is 5.54 Å². The number of aryl methyl sites for hydroxylation is 1. The Morgan fingerprint density at radius 1 is 1.22 bits per heavy atom. The van der Waals surface area contributed by atoms with E-state index in [1.807, 2.05) is 13.1 Å². The number of hydrogen-bond donors (Lipinski definition) is 2. The van der Waals surface area contributed by atoms with E-state index in [1.165, 1.54) is 25.7 Å². The molecule has 2 aromatic rings. The van der Waals surface area contributed by atoms with Crippen LogP contribution in [0.3, 0.4) is 0 Å². The Morgan fingerprint density at radius 2 is 1.94 bits per heavy atom. The number of nitrogens with zero attached hydrogens (tertiary/aromatic N) is 2. The van der Waals surface area contributed by atoms with Gasteiger partial charge in [-0.2, -0.15) is 0 Å². The largest absolute Gasteiger partial charge is 0.339 e. The van der Waals surface area contributed by atoms with Crippen molar-refractivity contribution in [3.05, 3.63) is 23.7 Å². The molecule has 0 saturated heterocycles. The second-order valence-corrected chi connectivity index (χ2v) is 5.54. The number of H-pyrrole nitrogens is 1. The van der Waals surface area contributed by atoms with Gasteiger partial charge in [0.1, 0.15) is 5.82 Å². The number of imidazole rings is 1. The SMILES string of the molecule is Cc1cnc2nc(C3(N)CCCCCC3)[nH]c2c1. The molecule has 1 aliphatic rings. The summed E-state index contributed by atoms with van der Waals surface area (Å²) < 4.78 is 0. The highest BCUT2D eigenvalue weighted by atomic mass is 15.0. The molecule has 1 aliphatic carbocycles. The number of nitrogens with two attached hydrogens (primary N) is 1. The lowest BCUT2D eigenvalue weighted by molar-refractivity contribution is 0.366. The molecule has 0 bridgehead atoms. The number of pyridine rings is 1.